The molecule has 0 saturated carbocycles. The Morgan fingerprint density at radius 2 is 2.12 bits per heavy atom. The van der Waals surface area contributed by atoms with Gasteiger partial charge in [-0.15, -0.1) is 0 Å². The van der Waals surface area contributed by atoms with Crippen molar-refractivity contribution in [2.75, 3.05) is 39.3 Å². The minimum absolute atomic E-state index is 0.0202. The predicted molar refractivity (Wildman–Crippen MR) is 66.3 cm³/mol. The highest BCUT2D eigenvalue weighted by Gasteiger charge is 2.08. The van der Waals surface area contributed by atoms with Crippen LogP contribution in [0.25, 0.3) is 0 Å². The second kappa shape index (κ2) is 8.07. The van der Waals surface area contributed by atoms with Crippen LogP contribution < -0.4 is 10.6 Å². The van der Waals surface area contributed by atoms with Gasteiger partial charge in [0, 0.05) is 45.3 Å². The number of allylic oxidation sites excluding steroid dienone is 3. The molecule has 0 spiro atoms. The monoisotopic (exact) mass is 223 g/mol. The summed E-state index contributed by atoms with van der Waals surface area (Å²) < 4.78 is 0. The first kappa shape index (κ1) is 12.9. The molecule has 0 aromatic heterocycles. The maximum absolute atomic E-state index is 11.3. The summed E-state index contributed by atoms with van der Waals surface area (Å²) in [5.41, 5.74) is 0. The lowest BCUT2D eigenvalue weighted by Crippen LogP contribution is -2.46. The Bertz CT molecular complexity index is 255. The van der Waals surface area contributed by atoms with Crippen molar-refractivity contribution in [3.05, 3.63) is 24.3 Å². The molecule has 1 aliphatic rings. The smallest absolute Gasteiger partial charge is 0.244 e. The van der Waals surface area contributed by atoms with E-state index in [2.05, 4.69) is 15.5 Å². The van der Waals surface area contributed by atoms with Crippen LogP contribution >= 0.6 is 0 Å². The number of hydrogen-bond donors (Lipinski definition) is 2. The minimum atomic E-state index is -0.0202. The van der Waals surface area contributed by atoms with Gasteiger partial charge < -0.3 is 10.6 Å². The molecule has 1 rings (SSSR count). The lowest BCUT2D eigenvalue weighted by molar-refractivity contribution is -0.116. The molecule has 1 saturated heterocycles. The highest BCUT2D eigenvalue weighted by Crippen LogP contribution is 1.89. The normalized spacial score (nSPS) is 18.3. The van der Waals surface area contributed by atoms with E-state index in [4.69, 9.17) is 0 Å². The molecule has 2 N–H and O–H groups in total. The topological polar surface area (TPSA) is 44.4 Å². The van der Waals surface area contributed by atoms with E-state index in [1.54, 1.807) is 12.2 Å². The summed E-state index contributed by atoms with van der Waals surface area (Å²) in [7, 11) is 0. The Morgan fingerprint density at radius 3 is 2.81 bits per heavy atom. The average molecular weight is 223 g/mol. The van der Waals surface area contributed by atoms with E-state index < -0.39 is 0 Å². The van der Waals surface area contributed by atoms with Crippen LogP contribution in [0.3, 0.4) is 0 Å². The van der Waals surface area contributed by atoms with E-state index in [0.717, 1.165) is 39.3 Å². The van der Waals surface area contributed by atoms with Gasteiger partial charge >= 0.3 is 0 Å². The maximum atomic E-state index is 11.3. The van der Waals surface area contributed by atoms with Crippen LogP contribution in [0.4, 0.5) is 0 Å². The van der Waals surface area contributed by atoms with Gasteiger partial charge in [0.1, 0.15) is 0 Å². The number of hydrogen-bond acceptors (Lipinski definition) is 3. The van der Waals surface area contributed by atoms with Gasteiger partial charge in [-0.25, -0.2) is 0 Å². The summed E-state index contributed by atoms with van der Waals surface area (Å²) in [6.07, 6.45) is 7.04. The van der Waals surface area contributed by atoms with Gasteiger partial charge in [0.05, 0.1) is 0 Å². The molecule has 0 aromatic rings. The fraction of sp³-hybridized carbons (Fsp3) is 0.583. The quantitative estimate of drug-likeness (QED) is 0.515. The molecule has 0 bridgehead atoms. The van der Waals surface area contributed by atoms with Gasteiger partial charge in [-0.2, -0.15) is 0 Å². The van der Waals surface area contributed by atoms with Gasteiger partial charge in [-0.05, 0) is 6.92 Å². The van der Waals surface area contributed by atoms with Gasteiger partial charge in [-0.3, -0.25) is 9.69 Å². The standard InChI is InChI=1S/C12H21N3O/c1-2-3-4-5-12(16)14-8-11-15-9-6-13-7-10-15/h2-5,13H,6-11H2,1H3,(H,14,16)/b3-2+,5-4+. The summed E-state index contributed by atoms with van der Waals surface area (Å²) in [4.78, 5) is 13.7. The van der Waals surface area contributed by atoms with E-state index in [0.29, 0.717) is 0 Å². The number of carbonyl (C=O) groups excluding carboxylic acids is 1. The molecule has 4 nitrogen and oxygen atoms in total. The SMILES string of the molecule is C/C=C/C=C/C(=O)NCCN1CCNCC1. The van der Waals surface area contributed by atoms with Crippen molar-refractivity contribution in [2.24, 2.45) is 0 Å². The van der Waals surface area contributed by atoms with Crippen molar-refractivity contribution in [3.63, 3.8) is 0 Å². The molecule has 0 unspecified atom stereocenters. The van der Waals surface area contributed by atoms with Crippen LogP contribution in [0.5, 0.6) is 0 Å². The van der Waals surface area contributed by atoms with Crippen LogP contribution in [0.2, 0.25) is 0 Å². The molecule has 4 heteroatoms. The van der Waals surface area contributed by atoms with Crippen molar-refractivity contribution in [2.45, 2.75) is 6.92 Å². The number of nitrogens with one attached hydrogen (secondary N) is 2. The molecule has 0 radical (unpaired) electrons. The molecule has 1 fully saturated rings. The van der Waals surface area contributed by atoms with E-state index in [9.17, 15) is 4.79 Å². The number of nitrogens with zero attached hydrogens (tertiary/aromatic N) is 1. The fourth-order valence-electron chi connectivity index (χ4n) is 1.58. The summed E-state index contributed by atoms with van der Waals surface area (Å²) in [5, 5.41) is 6.17. The third kappa shape index (κ3) is 5.68. The largest absolute Gasteiger partial charge is 0.351 e. The zero-order valence-corrected chi connectivity index (χ0v) is 9.91. The molecule has 1 amide bonds. The second-order valence-electron chi connectivity index (χ2n) is 3.77. The first-order valence-corrected chi connectivity index (χ1v) is 5.83. The van der Waals surface area contributed by atoms with Crippen molar-refractivity contribution in [3.8, 4) is 0 Å². The maximum Gasteiger partial charge on any atom is 0.244 e. The van der Waals surface area contributed by atoms with Gasteiger partial charge in [0.15, 0.2) is 0 Å². The van der Waals surface area contributed by atoms with Crippen molar-refractivity contribution in [1.82, 2.24) is 15.5 Å². The number of rotatable bonds is 5. The molecule has 0 aromatic carbocycles. The average Bonchev–Trinajstić information content (AvgIpc) is 2.31. The minimum Gasteiger partial charge on any atom is -0.351 e. The van der Waals surface area contributed by atoms with Gasteiger partial charge in [-0.1, -0.05) is 18.2 Å². The van der Waals surface area contributed by atoms with Crippen LogP contribution in [0.1, 0.15) is 6.92 Å². The molecular weight excluding hydrogens is 202 g/mol. The Hall–Kier alpha value is -1.13. The van der Waals surface area contributed by atoms with Crippen molar-refractivity contribution >= 4 is 5.91 Å². The van der Waals surface area contributed by atoms with E-state index in [1.165, 1.54) is 0 Å². The van der Waals surface area contributed by atoms with Crippen LogP contribution in [-0.4, -0.2) is 50.1 Å². The summed E-state index contributed by atoms with van der Waals surface area (Å²) >= 11 is 0. The summed E-state index contributed by atoms with van der Waals surface area (Å²) in [6, 6.07) is 0. The van der Waals surface area contributed by atoms with Crippen LogP contribution in [-0.2, 0) is 4.79 Å². The summed E-state index contributed by atoms with van der Waals surface area (Å²) in [5.74, 6) is -0.0202. The van der Waals surface area contributed by atoms with Gasteiger partial charge in [0.25, 0.3) is 0 Å². The first-order valence-electron chi connectivity index (χ1n) is 5.83. The van der Waals surface area contributed by atoms with E-state index in [1.807, 2.05) is 19.1 Å². The fourth-order valence-corrected chi connectivity index (χ4v) is 1.58. The summed E-state index contributed by atoms with van der Waals surface area (Å²) in [6.45, 7) is 7.83. The first-order chi connectivity index (χ1) is 7.83. The number of amides is 1. The predicted octanol–water partition coefficient (Wildman–Crippen LogP) is 0.140. The Labute approximate surface area is 97.4 Å². The third-order valence-corrected chi connectivity index (χ3v) is 2.49. The highest BCUT2D eigenvalue weighted by molar-refractivity contribution is 5.87. The van der Waals surface area contributed by atoms with Crippen molar-refractivity contribution < 1.29 is 4.79 Å². The Balaban J connectivity index is 2.07. The molecule has 0 aliphatic carbocycles. The number of carbonyl (C=O) groups is 1. The van der Waals surface area contributed by atoms with Crippen molar-refractivity contribution in [1.29, 1.82) is 0 Å². The Morgan fingerprint density at radius 1 is 1.38 bits per heavy atom. The Kier molecular flexibility index (Phi) is 6.53. The molecule has 16 heavy (non-hydrogen) atoms. The highest BCUT2D eigenvalue weighted by atomic mass is 16.1. The molecular formula is C12H21N3O. The van der Waals surface area contributed by atoms with Gasteiger partial charge in [0.2, 0.25) is 5.91 Å². The van der Waals surface area contributed by atoms with Crippen LogP contribution in [0, 0.1) is 0 Å². The number of piperazine rings is 1. The zero-order valence-electron chi connectivity index (χ0n) is 9.91. The van der Waals surface area contributed by atoms with Crippen LogP contribution in [0.15, 0.2) is 24.3 Å². The zero-order chi connectivity index (χ0) is 11.6. The molecule has 1 heterocycles. The third-order valence-electron chi connectivity index (χ3n) is 2.49. The van der Waals surface area contributed by atoms with E-state index in [-0.39, 0.29) is 5.91 Å². The second-order valence-corrected chi connectivity index (χ2v) is 3.77. The molecule has 90 valence electrons. The molecule has 0 atom stereocenters. The lowest BCUT2D eigenvalue weighted by Gasteiger charge is -2.26. The lowest BCUT2D eigenvalue weighted by atomic mass is 10.3. The molecule has 1 aliphatic heterocycles. The van der Waals surface area contributed by atoms with E-state index >= 15 is 0 Å².